The average molecular weight is 293 g/mol. The lowest BCUT2D eigenvalue weighted by Crippen LogP contribution is -2.42. The first-order valence-corrected chi connectivity index (χ1v) is 7.37. The summed E-state index contributed by atoms with van der Waals surface area (Å²) >= 11 is 0. The van der Waals surface area contributed by atoms with Gasteiger partial charge in [0.15, 0.2) is 0 Å². The Kier molecular flexibility index (Phi) is 3.74. The molecule has 0 N–H and O–H groups in total. The summed E-state index contributed by atoms with van der Waals surface area (Å²) in [7, 11) is 0. The molecule has 2 atom stereocenters. The van der Waals surface area contributed by atoms with Gasteiger partial charge in [0.25, 0.3) is 5.91 Å². The second-order valence-corrected chi connectivity index (χ2v) is 5.77. The van der Waals surface area contributed by atoms with Crippen LogP contribution in [0.25, 0.3) is 0 Å². The normalized spacial score (nSPS) is 25.6. The van der Waals surface area contributed by atoms with Crippen molar-refractivity contribution < 1.29 is 18.4 Å². The van der Waals surface area contributed by atoms with Crippen LogP contribution in [0.2, 0.25) is 0 Å². The molecular formula is C16H17F2NO2. The molecule has 1 aliphatic carbocycles. The summed E-state index contributed by atoms with van der Waals surface area (Å²) in [6, 6.07) is 3.21. The summed E-state index contributed by atoms with van der Waals surface area (Å²) < 4.78 is 27.6. The number of likely N-dealkylation sites (tertiary alicyclic amines) is 1. The van der Waals surface area contributed by atoms with Crippen molar-refractivity contribution in [3.8, 4) is 0 Å². The smallest absolute Gasteiger partial charge is 0.260 e. The molecule has 2 aliphatic rings. The molecule has 21 heavy (non-hydrogen) atoms. The molecule has 0 bridgehead atoms. The van der Waals surface area contributed by atoms with E-state index < -0.39 is 23.1 Å². The van der Waals surface area contributed by atoms with E-state index in [1.165, 1.54) is 11.0 Å². The van der Waals surface area contributed by atoms with E-state index >= 15 is 0 Å². The number of hydrogen-bond donors (Lipinski definition) is 0. The second-order valence-electron chi connectivity index (χ2n) is 5.77. The highest BCUT2D eigenvalue weighted by atomic mass is 19.1. The molecule has 1 aromatic rings. The van der Waals surface area contributed by atoms with E-state index in [-0.39, 0.29) is 17.7 Å². The van der Waals surface area contributed by atoms with Gasteiger partial charge in [-0.25, -0.2) is 8.78 Å². The van der Waals surface area contributed by atoms with Crippen molar-refractivity contribution in [1.82, 2.24) is 4.90 Å². The molecule has 1 aliphatic heterocycles. The lowest BCUT2D eigenvalue weighted by Gasteiger charge is -2.28. The molecule has 2 unspecified atom stereocenters. The minimum atomic E-state index is -0.844. The molecule has 0 aromatic heterocycles. The minimum absolute atomic E-state index is 0.161. The maximum absolute atomic E-state index is 13.8. The van der Waals surface area contributed by atoms with Gasteiger partial charge in [0.2, 0.25) is 0 Å². The topological polar surface area (TPSA) is 37.4 Å². The first-order chi connectivity index (χ1) is 10.1. The molecule has 1 aromatic carbocycles. The van der Waals surface area contributed by atoms with Crippen molar-refractivity contribution in [3.05, 3.63) is 35.4 Å². The Balaban J connectivity index is 1.88. The second kappa shape index (κ2) is 5.54. The van der Waals surface area contributed by atoms with E-state index in [0.29, 0.717) is 13.0 Å². The van der Waals surface area contributed by atoms with Crippen molar-refractivity contribution in [2.24, 2.45) is 5.92 Å². The van der Waals surface area contributed by atoms with Crippen LogP contribution < -0.4 is 0 Å². The van der Waals surface area contributed by atoms with Gasteiger partial charge in [-0.2, -0.15) is 0 Å². The standard InChI is InChI=1S/C16H17F2NO2/c17-11-5-2-6-12(18)15(11)16(21)19-9-3-7-13(19)10-4-1-8-14(10)20/h2,5-6,10,13H,1,3-4,7-9H2. The van der Waals surface area contributed by atoms with Crippen LogP contribution in [0.1, 0.15) is 42.5 Å². The van der Waals surface area contributed by atoms with Crippen LogP contribution in [0.3, 0.4) is 0 Å². The van der Waals surface area contributed by atoms with Crippen LogP contribution in [0, 0.1) is 17.6 Å². The number of amides is 1. The highest BCUT2D eigenvalue weighted by Crippen LogP contribution is 2.34. The molecule has 2 fully saturated rings. The number of Topliss-reactive ketones (excluding diaryl/α,β-unsaturated/α-hetero) is 1. The van der Waals surface area contributed by atoms with Crippen molar-refractivity contribution in [1.29, 1.82) is 0 Å². The molecule has 1 amide bonds. The third kappa shape index (κ3) is 2.45. The predicted octanol–water partition coefficient (Wildman–Crippen LogP) is 2.94. The van der Waals surface area contributed by atoms with E-state index in [0.717, 1.165) is 37.8 Å². The maximum atomic E-state index is 13.8. The fourth-order valence-corrected chi connectivity index (χ4v) is 3.56. The highest BCUT2D eigenvalue weighted by Gasteiger charge is 2.41. The molecule has 1 saturated carbocycles. The molecule has 112 valence electrons. The van der Waals surface area contributed by atoms with E-state index in [9.17, 15) is 18.4 Å². The summed E-state index contributed by atoms with van der Waals surface area (Å²) in [6.07, 6.45) is 3.68. The molecule has 1 saturated heterocycles. The molecular weight excluding hydrogens is 276 g/mol. The Labute approximate surface area is 121 Å². The number of halogens is 2. The Bertz CT molecular complexity index is 567. The van der Waals surface area contributed by atoms with Gasteiger partial charge in [0.1, 0.15) is 23.0 Å². The quantitative estimate of drug-likeness (QED) is 0.840. The number of carbonyl (C=O) groups is 2. The van der Waals surface area contributed by atoms with Crippen molar-refractivity contribution in [2.45, 2.75) is 38.1 Å². The van der Waals surface area contributed by atoms with Crippen LogP contribution >= 0.6 is 0 Å². The summed E-state index contributed by atoms with van der Waals surface area (Å²) in [6.45, 7) is 0.459. The van der Waals surface area contributed by atoms with Crippen LogP contribution in [0.4, 0.5) is 8.78 Å². The lowest BCUT2D eigenvalue weighted by molar-refractivity contribution is -0.121. The van der Waals surface area contributed by atoms with Crippen LogP contribution in [0.15, 0.2) is 18.2 Å². The van der Waals surface area contributed by atoms with Gasteiger partial charge in [-0.1, -0.05) is 6.07 Å². The highest BCUT2D eigenvalue weighted by molar-refractivity contribution is 5.95. The van der Waals surface area contributed by atoms with Crippen molar-refractivity contribution >= 4 is 11.7 Å². The fraction of sp³-hybridized carbons (Fsp3) is 0.500. The molecule has 3 nitrogen and oxygen atoms in total. The Morgan fingerprint density at radius 2 is 1.86 bits per heavy atom. The molecule has 1 heterocycles. The molecule has 3 rings (SSSR count). The molecule has 5 heteroatoms. The van der Waals surface area contributed by atoms with Gasteiger partial charge in [-0.05, 0) is 37.8 Å². The lowest BCUT2D eigenvalue weighted by atomic mass is 9.94. The summed E-state index contributed by atoms with van der Waals surface area (Å²) in [5.41, 5.74) is -0.505. The van der Waals surface area contributed by atoms with Gasteiger partial charge in [-0.3, -0.25) is 9.59 Å². The summed E-state index contributed by atoms with van der Waals surface area (Å²) in [5, 5.41) is 0. The Morgan fingerprint density at radius 3 is 2.48 bits per heavy atom. The van der Waals surface area contributed by atoms with Crippen LogP contribution in [-0.2, 0) is 4.79 Å². The summed E-state index contributed by atoms with van der Waals surface area (Å²) in [5.74, 6) is -2.31. The number of ketones is 1. The van der Waals surface area contributed by atoms with E-state index in [1.54, 1.807) is 0 Å². The molecule has 0 spiro atoms. The minimum Gasteiger partial charge on any atom is -0.335 e. The zero-order valence-electron chi connectivity index (χ0n) is 11.6. The Morgan fingerprint density at radius 1 is 1.14 bits per heavy atom. The first kappa shape index (κ1) is 14.2. The van der Waals surface area contributed by atoms with E-state index in [1.807, 2.05) is 0 Å². The van der Waals surface area contributed by atoms with Gasteiger partial charge in [0, 0.05) is 24.9 Å². The maximum Gasteiger partial charge on any atom is 0.260 e. The van der Waals surface area contributed by atoms with Crippen LogP contribution in [-0.4, -0.2) is 29.2 Å². The van der Waals surface area contributed by atoms with Gasteiger partial charge >= 0.3 is 0 Å². The third-order valence-electron chi connectivity index (χ3n) is 4.55. The number of nitrogens with zero attached hydrogens (tertiary/aromatic N) is 1. The van der Waals surface area contributed by atoms with Crippen LogP contribution in [0.5, 0.6) is 0 Å². The number of carbonyl (C=O) groups excluding carboxylic acids is 2. The predicted molar refractivity (Wildman–Crippen MR) is 72.8 cm³/mol. The fourth-order valence-electron chi connectivity index (χ4n) is 3.56. The number of benzene rings is 1. The average Bonchev–Trinajstić information content (AvgIpc) is 3.06. The van der Waals surface area contributed by atoms with Crippen molar-refractivity contribution in [3.63, 3.8) is 0 Å². The molecule has 0 radical (unpaired) electrons. The van der Waals surface area contributed by atoms with E-state index in [2.05, 4.69) is 0 Å². The third-order valence-corrected chi connectivity index (χ3v) is 4.55. The SMILES string of the molecule is O=C1CCCC1C1CCCN1C(=O)c1c(F)cccc1F. The number of hydrogen-bond acceptors (Lipinski definition) is 2. The monoisotopic (exact) mass is 293 g/mol. The zero-order chi connectivity index (χ0) is 15.0. The number of rotatable bonds is 2. The van der Waals surface area contributed by atoms with Gasteiger partial charge in [-0.15, -0.1) is 0 Å². The largest absolute Gasteiger partial charge is 0.335 e. The van der Waals surface area contributed by atoms with E-state index in [4.69, 9.17) is 0 Å². The van der Waals surface area contributed by atoms with Crippen molar-refractivity contribution in [2.75, 3.05) is 6.54 Å². The zero-order valence-corrected chi connectivity index (χ0v) is 11.6. The Hall–Kier alpha value is -1.78. The first-order valence-electron chi connectivity index (χ1n) is 7.37. The van der Waals surface area contributed by atoms with Gasteiger partial charge in [0.05, 0.1) is 0 Å². The summed E-state index contributed by atoms with van der Waals surface area (Å²) in [4.78, 5) is 25.9. The van der Waals surface area contributed by atoms with Gasteiger partial charge < -0.3 is 4.90 Å².